The van der Waals surface area contributed by atoms with Crippen LogP contribution in [0.25, 0.3) is 11.0 Å². The summed E-state index contributed by atoms with van der Waals surface area (Å²) in [6.07, 6.45) is 0. The number of rotatable bonds is 8. The van der Waals surface area contributed by atoms with Crippen molar-refractivity contribution in [2.45, 2.75) is 45.7 Å². The maximum absolute atomic E-state index is 12.7. The topological polar surface area (TPSA) is 102 Å². The minimum atomic E-state index is -3.79. The smallest absolute Gasteiger partial charge is 0.264 e. The number of sulfonamides is 1. The molecule has 0 aliphatic carbocycles. The Kier molecular flexibility index (Phi) is 6.33. The van der Waals surface area contributed by atoms with E-state index < -0.39 is 10.0 Å². The molecule has 2 heterocycles. The molecule has 0 aliphatic heterocycles. The summed E-state index contributed by atoms with van der Waals surface area (Å²) in [6, 6.07) is 16.5. The number of hydrogen-bond donors (Lipinski definition) is 2. The zero-order valence-electron chi connectivity index (χ0n) is 19.2. The highest BCUT2D eigenvalue weighted by atomic mass is 32.2. The summed E-state index contributed by atoms with van der Waals surface area (Å²) in [6.45, 7) is 9.36. The molecule has 0 fully saturated rings. The van der Waals surface area contributed by atoms with Gasteiger partial charge in [-0.05, 0) is 62.2 Å². The van der Waals surface area contributed by atoms with Crippen LogP contribution in [0.3, 0.4) is 0 Å². The van der Waals surface area contributed by atoms with E-state index in [0.717, 1.165) is 29.1 Å². The first-order valence-corrected chi connectivity index (χ1v) is 12.3. The zero-order valence-corrected chi connectivity index (χ0v) is 20.0. The molecule has 0 spiro atoms. The summed E-state index contributed by atoms with van der Waals surface area (Å²) in [5.41, 5.74) is 4.28. The van der Waals surface area contributed by atoms with E-state index in [2.05, 4.69) is 44.5 Å². The maximum atomic E-state index is 12.7. The molecular weight excluding hydrogens is 436 g/mol. The highest BCUT2D eigenvalue weighted by Gasteiger charge is 2.16. The molecule has 2 aromatic heterocycles. The maximum Gasteiger partial charge on any atom is 0.264 e. The largest absolute Gasteiger partial charge is 0.378 e. The van der Waals surface area contributed by atoms with Crippen LogP contribution in [-0.4, -0.2) is 27.9 Å². The Balaban J connectivity index is 1.49. The Labute approximate surface area is 194 Å². The molecule has 0 atom stereocenters. The van der Waals surface area contributed by atoms with E-state index in [1.165, 1.54) is 0 Å². The standard InChI is InChI=1S/C24H28N6O2S/c1-16(2)15-30-22-8-6-5-7-21(22)28-23(30)14-25-19-9-11-20(12-10-19)33(31,32)29-24-26-17(3)13-18(4)27-24/h5-13,16,25H,14-15H2,1-4H3,(H,26,27,29). The first-order valence-electron chi connectivity index (χ1n) is 10.8. The van der Waals surface area contributed by atoms with Crippen LogP contribution < -0.4 is 10.0 Å². The van der Waals surface area contributed by atoms with Gasteiger partial charge in [0.15, 0.2) is 0 Å². The second-order valence-electron chi connectivity index (χ2n) is 8.48. The monoisotopic (exact) mass is 464 g/mol. The SMILES string of the molecule is Cc1cc(C)nc(NS(=O)(=O)c2ccc(NCc3nc4ccccc4n3CC(C)C)cc2)n1. The molecule has 0 saturated heterocycles. The molecule has 9 heteroatoms. The molecule has 0 saturated carbocycles. The molecule has 4 aromatic rings. The Morgan fingerprint density at radius 3 is 2.27 bits per heavy atom. The second kappa shape index (κ2) is 9.19. The van der Waals surface area contributed by atoms with Crippen molar-refractivity contribution in [2.24, 2.45) is 5.92 Å². The average Bonchev–Trinajstić information content (AvgIpc) is 3.08. The normalized spacial score (nSPS) is 11.8. The summed E-state index contributed by atoms with van der Waals surface area (Å²) < 4.78 is 30.2. The third-order valence-electron chi connectivity index (χ3n) is 5.10. The second-order valence-corrected chi connectivity index (χ2v) is 10.2. The number of hydrogen-bond acceptors (Lipinski definition) is 6. The Hall–Kier alpha value is -3.46. The Morgan fingerprint density at radius 1 is 0.939 bits per heavy atom. The van der Waals surface area contributed by atoms with Crippen LogP contribution in [0.2, 0.25) is 0 Å². The number of benzene rings is 2. The van der Waals surface area contributed by atoms with E-state index in [1.807, 2.05) is 18.2 Å². The van der Waals surface area contributed by atoms with Crippen LogP contribution >= 0.6 is 0 Å². The lowest BCUT2D eigenvalue weighted by molar-refractivity contribution is 0.519. The van der Waals surface area contributed by atoms with Crippen LogP contribution in [0.4, 0.5) is 11.6 Å². The molecule has 0 amide bonds. The minimum absolute atomic E-state index is 0.0683. The van der Waals surface area contributed by atoms with Crippen LogP contribution in [-0.2, 0) is 23.1 Å². The minimum Gasteiger partial charge on any atom is -0.378 e. The molecule has 172 valence electrons. The fourth-order valence-corrected chi connectivity index (χ4v) is 4.66. The van der Waals surface area contributed by atoms with Gasteiger partial charge < -0.3 is 9.88 Å². The van der Waals surface area contributed by atoms with E-state index in [0.29, 0.717) is 23.9 Å². The number of fused-ring (bicyclic) bond motifs is 1. The van der Waals surface area contributed by atoms with Gasteiger partial charge in [0.2, 0.25) is 5.95 Å². The molecule has 33 heavy (non-hydrogen) atoms. The van der Waals surface area contributed by atoms with Crippen molar-refractivity contribution < 1.29 is 8.42 Å². The van der Waals surface area contributed by atoms with Crippen LogP contribution in [0.5, 0.6) is 0 Å². The van der Waals surface area contributed by atoms with Gasteiger partial charge in [-0.2, -0.15) is 0 Å². The predicted octanol–water partition coefficient (Wildman–Crippen LogP) is 4.51. The molecule has 0 radical (unpaired) electrons. The van der Waals surface area contributed by atoms with Gasteiger partial charge in [0.1, 0.15) is 5.82 Å². The number of para-hydroxylation sites is 2. The Bertz CT molecular complexity index is 1360. The summed E-state index contributed by atoms with van der Waals surface area (Å²) in [5.74, 6) is 1.49. The highest BCUT2D eigenvalue weighted by molar-refractivity contribution is 7.92. The fourth-order valence-electron chi connectivity index (χ4n) is 3.71. The van der Waals surface area contributed by atoms with Gasteiger partial charge in [0.25, 0.3) is 10.0 Å². The number of anilines is 2. The third kappa shape index (κ3) is 5.31. The summed E-state index contributed by atoms with van der Waals surface area (Å²) in [4.78, 5) is 13.2. The van der Waals surface area contributed by atoms with E-state index in [9.17, 15) is 8.42 Å². The van der Waals surface area contributed by atoms with Crippen molar-refractivity contribution in [3.05, 3.63) is 71.8 Å². The number of imidazole rings is 1. The predicted molar refractivity (Wildman–Crippen MR) is 131 cm³/mol. The molecular formula is C24H28N6O2S. The van der Waals surface area contributed by atoms with Crippen LogP contribution in [0.15, 0.2) is 59.5 Å². The van der Waals surface area contributed by atoms with E-state index in [-0.39, 0.29) is 10.8 Å². The van der Waals surface area contributed by atoms with Gasteiger partial charge in [-0.3, -0.25) is 0 Å². The fraction of sp³-hybridized carbons (Fsp3) is 0.292. The molecule has 0 aliphatic rings. The number of aryl methyl sites for hydroxylation is 2. The van der Waals surface area contributed by atoms with E-state index >= 15 is 0 Å². The molecule has 8 nitrogen and oxygen atoms in total. The van der Waals surface area contributed by atoms with Gasteiger partial charge in [0.05, 0.1) is 22.5 Å². The number of nitrogens with zero attached hydrogens (tertiary/aromatic N) is 4. The van der Waals surface area contributed by atoms with Crippen molar-refractivity contribution in [1.82, 2.24) is 19.5 Å². The summed E-state index contributed by atoms with van der Waals surface area (Å²) >= 11 is 0. The zero-order chi connectivity index (χ0) is 23.6. The first kappa shape index (κ1) is 22.7. The van der Waals surface area contributed by atoms with Crippen molar-refractivity contribution >= 4 is 32.7 Å². The third-order valence-corrected chi connectivity index (χ3v) is 6.45. The van der Waals surface area contributed by atoms with E-state index in [1.54, 1.807) is 44.2 Å². The average molecular weight is 465 g/mol. The Morgan fingerprint density at radius 2 is 1.61 bits per heavy atom. The molecule has 0 bridgehead atoms. The lowest BCUT2D eigenvalue weighted by Crippen LogP contribution is -2.16. The summed E-state index contributed by atoms with van der Waals surface area (Å²) in [5, 5.41) is 3.36. The molecule has 2 aromatic carbocycles. The quantitative estimate of drug-likeness (QED) is 0.398. The van der Waals surface area contributed by atoms with Crippen LogP contribution in [0, 0.1) is 19.8 Å². The number of nitrogens with one attached hydrogen (secondary N) is 2. The summed E-state index contributed by atoms with van der Waals surface area (Å²) in [7, 11) is -3.79. The van der Waals surface area contributed by atoms with Crippen molar-refractivity contribution in [3.8, 4) is 0 Å². The molecule has 4 rings (SSSR count). The van der Waals surface area contributed by atoms with Crippen molar-refractivity contribution in [1.29, 1.82) is 0 Å². The van der Waals surface area contributed by atoms with E-state index in [4.69, 9.17) is 4.98 Å². The lowest BCUT2D eigenvalue weighted by Gasteiger charge is -2.13. The first-order chi connectivity index (χ1) is 15.7. The molecule has 2 N–H and O–H groups in total. The molecule has 0 unspecified atom stereocenters. The number of aromatic nitrogens is 4. The lowest BCUT2D eigenvalue weighted by atomic mass is 10.2. The van der Waals surface area contributed by atoms with Gasteiger partial charge in [-0.15, -0.1) is 0 Å². The van der Waals surface area contributed by atoms with Crippen molar-refractivity contribution in [3.63, 3.8) is 0 Å². The van der Waals surface area contributed by atoms with Gasteiger partial charge in [0, 0.05) is 23.6 Å². The van der Waals surface area contributed by atoms with Gasteiger partial charge in [-0.25, -0.2) is 28.1 Å². The highest BCUT2D eigenvalue weighted by Crippen LogP contribution is 2.21. The van der Waals surface area contributed by atoms with Gasteiger partial charge in [-0.1, -0.05) is 26.0 Å². The van der Waals surface area contributed by atoms with Crippen LogP contribution in [0.1, 0.15) is 31.1 Å². The van der Waals surface area contributed by atoms with Crippen molar-refractivity contribution in [2.75, 3.05) is 10.0 Å². The van der Waals surface area contributed by atoms with Gasteiger partial charge >= 0.3 is 0 Å².